The number of hydrogen-bond acceptors (Lipinski definition) is 16. The van der Waals surface area contributed by atoms with Crippen LogP contribution in [0.15, 0.2) is 139 Å². The first-order chi connectivity index (χ1) is 37.1. The SMILES string of the molecule is CC[N+]1(C)C=CN=C1.CC[N+]1(C)C=CN=C1.CC[N+]1(C)C=CN=C1.CC[N+]1(C)C=CN=C1.CC[N+]1(C)C=CN=C1.CC[N+]1(C)C=CN=C1.CC[N+]1(C)C=CN=C1.CC[N+]1(C)C=CN=C1.[O-]B([O-])F.[O-]B([O-])F.[O-]B([O-])F.[O-]B([O-])F. The van der Waals surface area contributed by atoms with Crippen LogP contribution in [0.2, 0.25) is 0 Å². The monoisotopic (exact) mass is 1140 g/mol. The molecule has 8 aliphatic heterocycles. The molecule has 8 heterocycles. The fourth-order valence-electron chi connectivity index (χ4n) is 4.86. The lowest BCUT2D eigenvalue weighted by Gasteiger charge is -2.18. The van der Waals surface area contributed by atoms with Crippen molar-refractivity contribution in [2.75, 3.05) is 109 Å². The van der Waals surface area contributed by atoms with E-state index >= 15 is 0 Å². The topological polar surface area (TPSA) is 283 Å². The van der Waals surface area contributed by atoms with Gasteiger partial charge in [0, 0.05) is 0 Å². The molecule has 0 N–H and O–H groups in total. The molecule has 8 rings (SSSR count). The summed E-state index contributed by atoms with van der Waals surface area (Å²) in [4.78, 5) is 31.8. The van der Waals surface area contributed by atoms with Gasteiger partial charge in [0.05, 0.1) is 158 Å². The predicted octanol–water partition coefficient (Wildman–Crippen LogP) is -1.63. The zero-order chi connectivity index (χ0) is 62.6. The Labute approximate surface area is 475 Å². The predicted molar refractivity (Wildman–Crippen MR) is 302 cm³/mol. The van der Waals surface area contributed by atoms with E-state index in [0.717, 1.165) is 88.2 Å². The fourth-order valence-corrected chi connectivity index (χ4v) is 4.86. The Morgan fingerprint density at radius 2 is 0.312 bits per heavy atom. The van der Waals surface area contributed by atoms with Crippen LogP contribution in [0.3, 0.4) is 0 Å². The molecule has 0 aromatic heterocycles. The molecule has 0 saturated carbocycles. The molecule has 0 fully saturated rings. The van der Waals surface area contributed by atoms with E-state index in [9.17, 15) is 17.3 Å². The van der Waals surface area contributed by atoms with Crippen LogP contribution in [-0.2, 0) is 0 Å². The molecule has 448 valence electrons. The summed E-state index contributed by atoms with van der Waals surface area (Å²) in [6, 6.07) is 0. The molecule has 80 heavy (non-hydrogen) atoms. The van der Waals surface area contributed by atoms with Crippen molar-refractivity contribution in [3.8, 4) is 0 Å². The molecule has 24 nitrogen and oxygen atoms in total. The quantitative estimate of drug-likeness (QED) is 0.154. The molecule has 0 spiro atoms. The van der Waals surface area contributed by atoms with Crippen LogP contribution >= 0.6 is 0 Å². The van der Waals surface area contributed by atoms with Gasteiger partial charge in [0.15, 0.2) is 50.7 Å². The summed E-state index contributed by atoms with van der Waals surface area (Å²) in [5.74, 6) is 0. The van der Waals surface area contributed by atoms with Crippen molar-refractivity contribution in [3.05, 3.63) is 99.2 Å². The highest BCUT2D eigenvalue weighted by Gasteiger charge is 2.19. The molecule has 8 unspecified atom stereocenters. The van der Waals surface area contributed by atoms with Crippen LogP contribution in [-0.4, -0.2) is 225 Å². The fraction of sp³-hybridized carbons (Fsp3) is 0.500. The van der Waals surface area contributed by atoms with Crippen LogP contribution in [0.5, 0.6) is 0 Å². The lowest BCUT2D eigenvalue weighted by molar-refractivity contribution is -0.754. The van der Waals surface area contributed by atoms with Gasteiger partial charge in [0.2, 0.25) is 0 Å². The molecule has 8 atom stereocenters. The smallest absolute Gasteiger partial charge is 0.194 e. The second-order valence-corrected chi connectivity index (χ2v) is 18.9. The number of nitrogens with zero attached hydrogens (tertiary/aromatic N) is 16. The van der Waals surface area contributed by atoms with Crippen molar-refractivity contribution in [2.24, 2.45) is 39.9 Å². The number of rotatable bonds is 8. The Bertz CT molecular complexity index is 1640. The molecule has 0 aromatic rings. The second-order valence-electron chi connectivity index (χ2n) is 18.9. The van der Waals surface area contributed by atoms with E-state index in [1.165, 1.54) is 0 Å². The van der Waals surface area contributed by atoms with Crippen LogP contribution in [0.25, 0.3) is 0 Å². The van der Waals surface area contributed by atoms with Gasteiger partial charge in [-0.05, 0) is 55.4 Å². The highest BCUT2D eigenvalue weighted by atomic mass is 19.1. The molecule has 32 heteroatoms. The van der Waals surface area contributed by atoms with Gasteiger partial charge in [-0.1, -0.05) is 0 Å². The van der Waals surface area contributed by atoms with Gasteiger partial charge < -0.3 is 57.5 Å². The highest BCUT2D eigenvalue weighted by molar-refractivity contribution is 6.27. The van der Waals surface area contributed by atoms with Gasteiger partial charge in [0.25, 0.3) is 0 Å². The number of aliphatic imine (C=N–C) groups is 8. The average Bonchev–Trinajstić information content (AvgIpc) is 4.26. The third kappa shape index (κ3) is 45.4. The summed E-state index contributed by atoms with van der Waals surface area (Å²) in [6.45, 7) is 25.8. The lowest BCUT2D eigenvalue weighted by Crippen LogP contribution is -2.39. The maximum atomic E-state index is 9.89. The largest absolute Gasteiger partial charge is 0.867 e. The first-order valence-corrected chi connectivity index (χ1v) is 25.5. The van der Waals surface area contributed by atoms with Gasteiger partial charge in [-0.15, -0.1) is 0 Å². The van der Waals surface area contributed by atoms with E-state index in [0.29, 0.717) is 0 Å². The van der Waals surface area contributed by atoms with Crippen LogP contribution in [0, 0.1) is 0 Å². The molecular weight excluding hydrogens is 1050 g/mol. The van der Waals surface area contributed by atoms with Crippen molar-refractivity contribution in [1.29, 1.82) is 0 Å². The Hall–Kier alpha value is -5.38. The first kappa shape index (κ1) is 81.1. The van der Waals surface area contributed by atoms with Gasteiger partial charge in [0.1, 0.15) is 79.2 Å². The van der Waals surface area contributed by atoms with Gasteiger partial charge in [-0.2, -0.15) is 0 Å². The summed E-state index contributed by atoms with van der Waals surface area (Å²) >= 11 is 0. The lowest BCUT2D eigenvalue weighted by atomic mass is 10.3. The van der Waals surface area contributed by atoms with Crippen molar-refractivity contribution in [1.82, 2.24) is 0 Å². The number of hydrogen-bond donors (Lipinski definition) is 0. The van der Waals surface area contributed by atoms with Crippen LogP contribution in [0.1, 0.15) is 55.4 Å². The van der Waals surface area contributed by atoms with E-state index < -0.39 is 29.6 Å². The maximum Gasteiger partial charge on any atom is 0.194 e. The first-order valence-electron chi connectivity index (χ1n) is 25.5. The maximum absolute atomic E-state index is 9.89. The normalized spacial score (nSPS) is 28.8. The summed E-state index contributed by atoms with van der Waals surface area (Å²) < 4.78 is 46.3. The molecule has 0 bridgehead atoms. The second kappa shape index (κ2) is 43.4. The van der Waals surface area contributed by atoms with Crippen molar-refractivity contribution in [3.63, 3.8) is 0 Å². The minimum absolute atomic E-state index is 0.847. The Kier molecular flexibility index (Phi) is 44.0. The molecule has 0 amide bonds. The molecule has 0 aromatic carbocycles. The summed E-state index contributed by atoms with van der Waals surface area (Å²) in [7, 11) is 4.28. The summed E-state index contributed by atoms with van der Waals surface area (Å²) in [5, 5.41) is 66.4. The van der Waals surface area contributed by atoms with E-state index in [2.05, 4.69) is 201 Å². The summed E-state index contributed by atoms with van der Waals surface area (Å²) in [6.07, 6.45) is 46.7. The zero-order valence-electron chi connectivity index (χ0n) is 49.8. The van der Waals surface area contributed by atoms with Crippen molar-refractivity contribution >= 4 is 80.3 Å². The number of quaternary nitrogens is 8. The Morgan fingerprint density at radius 3 is 0.338 bits per heavy atom. The van der Waals surface area contributed by atoms with Gasteiger partial charge >= 0.3 is 0 Å². The minimum Gasteiger partial charge on any atom is -0.867 e. The van der Waals surface area contributed by atoms with Gasteiger partial charge in [-0.3, -0.25) is 35.9 Å². The Balaban J connectivity index is -0.000000398. The van der Waals surface area contributed by atoms with Crippen LogP contribution in [0.4, 0.5) is 17.3 Å². The minimum atomic E-state index is -3.17. The zero-order valence-corrected chi connectivity index (χ0v) is 49.8. The molecular formula is C48H88B4F4N16O8. The van der Waals surface area contributed by atoms with E-state index in [1.807, 2.05) is 100 Å². The van der Waals surface area contributed by atoms with Crippen molar-refractivity contribution < 1.29 is 93.3 Å². The molecule has 0 saturated heterocycles. The standard InChI is InChI=1S/8C6H11N2.4BFO2/c8*1-3-8(2)5-4-7-6-8;4*2-1(3)4/h8*4-6H,3H2,1-2H3;;;;/q8*+1;4*-2. The van der Waals surface area contributed by atoms with E-state index in [4.69, 9.17) is 40.2 Å². The Morgan fingerprint density at radius 1 is 0.237 bits per heavy atom. The average molecular weight is 1140 g/mol. The summed E-state index contributed by atoms with van der Waals surface area (Å²) in [5.41, 5.74) is 0. The molecule has 0 radical (unpaired) electrons. The number of halogens is 4. The van der Waals surface area contributed by atoms with Crippen molar-refractivity contribution in [2.45, 2.75) is 55.4 Å². The highest BCUT2D eigenvalue weighted by Crippen LogP contribution is 2.09. The third-order valence-corrected chi connectivity index (χ3v) is 12.0. The molecule has 8 aliphatic rings. The van der Waals surface area contributed by atoms with Crippen LogP contribution < -0.4 is 40.2 Å². The van der Waals surface area contributed by atoms with E-state index in [1.54, 1.807) is 0 Å². The van der Waals surface area contributed by atoms with E-state index in [-0.39, 0.29) is 0 Å². The third-order valence-electron chi connectivity index (χ3n) is 12.0. The van der Waals surface area contributed by atoms with Gasteiger partial charge in [-0.25, -0.2) is 39.9 Å². The molecule has 0 aliphatic carbocycles.